The maximum atomic E-state index is 10.4. The van der Waals surface area contributed by atoms with E-state index in [-0.39, 0.29) is 0 Å². The molecule has 0 aliphatic carbocycles. The molecule has 0 amide bonds. The predicted molar refractivity (Wildman–Crippen MR) is 53.5 cm³/mol. The van der Waals surface area contributed by atoms with Gasteiger partial charge in [-0.3, -0.25) is 0 Å². The number of aliphatic hydroxyl groups is 3. The monoisotopic (exact) mass is 235 g/mol. The summed E-state index contributed by atoms with van der Waals surface area (Å²) in [5, 5.41) is 34.5. The molecule has 16 heavy (non-hydrogen) atoms. The van der Waals surface area contributed by atoms with Crippen LogP contribution in [0.4, 0.5) is 0 Å². The fourth-order valence-electron chi connectivity index (χ4n) is 1.14. The van der Waals surface area contributed by atoms with Crippen LogP contribution in [-0.2, 0) is 0 Å². The molecule has 0 saturated heterocycles. The fraction of sp³-hybridized carbons (Fsp3) is 1.00. The third-order valence-electron chi connectivity index (χ3n) is 2.19. The molecule has 9 nitrogen and oxygen atoms in total. The highest BCUT2D eigenvalue weighted by molar-refractivity contribution is 4.95. The number of nitroso groups, excluding NO2 is 3. The minimum atomic E-state index is -1.64. The first-order valence-corrected chi connectivity index (χ1v) is 4.47. The van der Waals surface area contributed by atoms with Crippen molar-refractivity contribution in [2.24, 2.45) is 15.5 Å². The predicted octanol–water partition coefficient (Wildman–Crippen LogP) is -0.875. The van der Waals surface area contributed by atoms with Gasteiger partial charge in [0.2, 0.25) is 0 Å². The third-order valence-corrected chi connectivity index (χ3v) is 2.19. The second kappa shape index (κ2) is 7.04. The van der Waals surface area contributed by atoms with Gasteiger partial charge in [0, 0.05) is 0 Å². The van der Waals surface area contributed by atoms with E-state index in [0.717, 1.165) is 0 Å². The van der Waals surface area contributed by atoms with E-state index in [1.807, 2.05) is 0 Å². The van der Waals surface area contributed by atoms with E-state index in [1.165, 1.54) is 6.92 Å². The highest BCUT2D eigenvalue weighted by Crippen LogP contribution is 2.16. The zero-order valence-electron chi connectivity index (χ0n) is 8.50. The Hall–Kier alpha value is -1.32. The number of hydrogen-bond acceptors (Lipinski definition) is 9. The molecule has 0 spiro atoms. The summed E-state index contributed by atoms with van der Waals surface area (Å²) in [7, 11) is 0. The number of nitrogens with zero attached hydrogens (tertiary/aromatic N) is 3. The van der Waals surface area contributed by atoms with Gasteiger partial charge >= 0.3 is 0 Å². The van der Waals surface area contributed by atoms with Gasteiger partial charge in [-0.25, -0.2) is 0 Å². The Morgan fingerprint density at radius 3 is 1.81 bits per heavy atom. The van der Waals surface area contributed by atoms with Gasteiger partial charge in [0.25, 0.3) is 0 Å². The Balaban J connectivity index is 4.86. The molecule has 0 heterocycles. The molecule has 9 heteroatoms. The summed E-state index contributed by atoms with van der Waals surface area (Å²) in [5.74, 6) is 0. The van der Waals surface area contributed by atoms with Gasteiger partial charge in [-0.15, -0.1) is 0 Å². The molecule has 92 valence electrons. The van der Waals surface area contributed by atoms with E-state index in [0.29, 0.717) is 0 Å². The molecule has 0 rings (SSSR count). The van der Waals surface area contributed by atoms with Crippen LogP contribution in [0, 0.1) is 14.7 Å². The van der Waals surface area contributed by atoms with E-state index in [4.69, 9.17) is 10.2 Å². The lowest BCUT2D eigenvalue weighted by atomic mass is 9.95. The molecule has 0 aliphatic rings. The fourth-order valence-corrected chi connectivity index (χ4v) is 1.14. The maximum absolute atomic E-state index is 10.4. The number of rotatable bonds is 8. The van der Waals surface area contributed by atoms with Crippen LogP contribution in [0.3, 0.4) is 0 Å². The molecule has 0 aromatic heterocycles. The van der Waals surface area contributed by atoms with Gasteiger partial charge in [0.05, 0.1) is 6.61 Å². The van der Waals surface area contributed by atoms with E-state index in [9.17, 15) is 19.8 Å². The zero-order chi connectivity index (χ0) is 12.7. The summed E-state index contributed by atoms with van der Waals surface area (Å²) in [6.07, 6.45) is -3.27. The van der Waals surface area contributed by atoms with E-state index in [1.54, 1.807) is 0 Å². The SMILES string of the molecule is CC(N=O)C(O)C(N=O)C(N=O)C(O)CO. The Morgan fingerprint density at radius 2 is 1.50 bits per heavy atom. The summed E-state index contributed by atoms with van der Waals surface area (Å²) in [5.41, 5.74) is 0. The minimum absolute atomic E-state index is 0.821. The second-order valence-electron chi connectivity index (χ2n) is 3.28. The van der Waals surface area contributed by atoms with Crippen LogP contribution in [0.2, 0.25) is 0 Å². The largest absolute Gasteiger partial charge is 0.394 e. The van der Waals surface area contributed by atoms with Crippen LogP contribution in [0.15, 0.2) is 15.5 Å². The van der Waals surface area contributed by atoms with Crippen LogP contribution >= 0.6 is 0 Å². The minimum Gasteiger partial charge on any atom is -0.394 e. The van der Waals surface area contributed by atoms with Crippen LogP contribution < -0.4 is 0 Å². The molecule has 0 bridgehead atoms. The quantitative estimate of drug-likeness (QED) is 0.465. The highest BCUT2D eigenvalue weighted by Gasteiger charge is 2.38. The van der Waals surface area contributed by atoms with Gasteiger partial charge in [-0.2, -0.15) is 14.7 Å². The molecule has 0 aliphatic heterocycles. The molecule has 0 fully saturated rings. The summed E-state index contributed by atoms with van der Waals surface area (Å²) >= 11 is 0. The van der Waals surface area contributed by atoms with Gasteiger partial charge in [0.1, 0.15) is 30.3 Å². The number of aliphatic hydroxyl groups excluding tert-OH is 3. The lowest BCUT2D eigenvalue weighted by molar-refractivity contribution is 0.0362. The van der Waals surface area contributed by atoms with Crippen LogP contribution in [0.1, 0.15) is 6.92 Å². The van der Waals surface area contributed by atoms with E-state index in [2.05, 4.69) is 15.5 Å². The van der Waals surface area contributed by atoms with E-state index >= 15 is 0 Å². The van der Waals surface area contributed by atoms with Crippen LogP contribution in [0.5, 0.6) is 0 Å². The van der Waals surface area contributed by atoms with Gasteiger partial charge in [0.15, 0.2) is 0 Å². The first kappa shape index (κ1) is 14.7. The van der Waals surface area contributed by atoms with Crippen molar-refractivity contribution in [3.8, 4) is 0 Å². The molecule has 5 atom stereocenters. The number of hydrogen-bond donors (Lipinski definition) is 3. The van der Waals surface area contributed by atoms with Crippen LogP contribution in [-0.4, -0.2) is 52.3 Å². The normalized spacial score (nSPS) is 20.2. The molecule has 0 radical (unpaired) electrons. The van der Waals surface area contributed by atoms with E-state index < -0.39 is 36.9 Å². The van der Waals surface area contributed by atoms with Crippen molar-refractivity contribution < 1.29 is 15.3 Å². The zero-order valence-corrected chi connectivity index (χ0v) is 8.50. The standard InChI is InChI=1S/C7H13N3O6/c1-3(8-14)7(13)6(10-16)5(9-15)4(12)2-11/h3-7,11-13H,2H2,1H3. The highest BCUT2D eigenvalue weighted by atomic mass is 16.3. The van der Waals surface area contributed by atoms with Crippen molar-refractivity contribution in [1.82, 2.24) is 0 Å². The second-order valence-corrected chi connectivity index (χ2v) is 3.28. The summed E-state index contributed by atoms with van der Waals surface area (Å²) in [4.78, 5) is 31.0. The molecular weight excluding hydrogens is 222 g/mol. The Labute approximate surface area is 90.4 Å². The maximum Gasteiger partial charge on any atom is 0.148 e. The molecule has 5 unspecified atom stereocenters. The average Bonchev–Trinajstić information content (AvgIpc) is 2.32. The lowest BCUT2D eigenvalue weighted by Gasteiger charge is -2.24. The van der Waals surface area contributed by atoms with Gasteiger partial charge in [-0.05, 0) is 6.92 Å². The van der Waals surface area contributed by atoms with Gasteiger partial charge in [-0.1, -0.05) is 15.5 Å². The Kier molecular flexibility index (Phi) is 6.46. The molecule has 3 N–H and O–H groups in total. The van der Waals surface area contributed by atoms with Crippen molar-refractivity contribution in [3.63, 3.8) is 0 Å². The topological polar surface area (TPSA) is 149 Å². The lowest BCUT2D eigenvalue weighted by Crippen LogP contribution is -2.46. The molecule has 0 saturated carbocycles. The molecular formula is C7H13N3O6. The summed E-state index contributed by atoms with van der Waals surface area (Å²) < 4.78 is 0. The molecule has 0 aromatic carbocycles. The Morgan fingerprint density at radius 1 is 1.00 bits per heavy atom. The van der Waals surface area contributed by atoms with Crippen LogP contribution in [0.25, 0.3) is 0 Å². The third kappa shape index (κ3) is 3.36. The van der Waals surface area contributed by atoms with Crippen molar-refractivity contribution in [1.29, 1.82) is 0 Å². The van der Waals surface area contributed by atoms with Crippen molar-refractivity contribution in [2.75, 3.05) is 6.61 Å². The average molecular weight is 235 g/mol. The first-order valence-electron chi connectivity index (χ1n) is 4.47. The Bertz CT molecular complexity index is 250. The first-order chi connectivity index (χ1) is 7.53. The van der Waals surface area contributed by atoms with Crippen molar-refractivity contribution in [3.05, 3.63) is 14.7 Å². The van der Waals surface area contributed by atoms with Crippen molar-refractivity contribution >= 4 is 0 Å². The smallest absolute Gasteiger partial charge is 0.148 e. The summed E-state index contributed by atoms with van der Waals surface area (Å²) in [6.45, 7) is 0.390. The summed E-state index contributed by atoms with van der Waals surface area (Å²) in [6, 6.07) is -4.44. The molecule has 0 aromatic rings. The van der Waals surface area contributed by atoms with Crippen molar-refractivity contribution in [2.45, 2.75) is 37.3 Å². The van der Waals surface area contributed by atoms with Gasteiger partial charge < -0.3 is 15.3 Å².